The third-order valence-electron chi connectivity index (χ3n) is 3.03. The summed E-state index contributed by atoms with van der Waals surface area (Å²) in [5, 5.41) is 7.39. The van der Waals surface area contributed by atoms with E-state index in [1.807, 2.05) is 4.90 Å². The molecule has 0 amide bonds. The molecule has 0 bridgehead atoms. The van der Waals surface area contributed by atoms with Crippen LogP contribution in [-0.2, 0) is 4.74 Å². The van der Waals surface area contributed by atoms with Crippen LogP contribution in [0.25, 0.3) is 0 Å². The molecule has 0 saturated carbocycles. The highest BCUT2D eigenvalue weighted by Crippen LogP contribution is 2.22. The van der Waals surface area contributed by atoms with Crippen molar-refractivity contribution < 1.29 is 9.13 Å². The average Bonchev–Trinajstić information content (AvgIpc) is 2.45. The van der Waals surface area contributed by atoms with Crippen molar-refractivity contribution in [3.05, 3.63) is 29.6 Å². The Bertz CT molecular complexity index is 534. The second-order valence-corrected chi connectivity index (χ2v) is 4.48. The van der Waals surface area contributed by atoms with Crippen LogP contribution in [0.1, 0.15) is 12.5 Å². The van der Waals surface area contributed by atoms with Gasteiger partial charge in [0.15, 0.2) is 0 Å². The van der Waals surface area contributed by atoms with Crippen molar-refractivity contribution in [1.82, 2.24) is 0 Å². The number of benzene rings is 1. The molecule has 1 fully saturated rings. The number of hydrogen-bond acceptors (Lipinski definition) is 4. The number of rotatable bonds is 3. The molecule has 108 valence electrons. The van der Waals surface area contributed by atoms with Gasteiger partial charge in [0.2, 0.25) is 5.96 Å². The lowest BCUT2D eigenvalue weighted by Crippen LogP contribution is -2.36. The molecule has 0 radical (unpaired) electrons. The summed E-state index contributed by atoms with van der Waals surface area (Å²) in [6.07, 6.45) is 0. The first-order chi connectivity index (χ1) is 9.58. The van der Waals surface area contributed by atoms with Crippen molar-refractivity contribution >= 4 is 17.4 Å². The topological polar surface area (TPSA) is 89.2 Å². The molecule has 1 aromatic rings. The second-order valence-electron chi connectivity index (χ2n) is 4.48. The standard InChI is InChI=1S/C13H18FN5O/c1-9(17-18-13(15)16)10-2-3-12(11(14)8-10)19-4-6-20-7-5-19/h2-3,8H,4-7H2,1H3,(H4,15,16,18)/b17-9-. The molecule has 6 nitrogen and oxygen atoms in total. The zero-order chi connectivity index (χ0) is 14.5. The number of morpholine rings is 1. The molecule has 1 aliphatic heterocycles. The summed E-state index contributed by atoms with van der Waals surface area (Å²) < 4.78 is 19.4. The smallest absolute Gasteiger partial charge is 0.211 e. The van der Waals surface area contributed by atoms with Crippen molar-refractivity contribution in [2.24, 2.45) is 21.7 Å². The highest BCUT2D eigenvalue weighted by molar-refractivity contribution is 5.99. The fourth-order valence-electron chi connectivity index (χ4n) is 1.98. The van der Waals surface area contributed by atoms with Gasteiger partial charge in [0.25, 0.3) is 0 Å². The summed E-state index contributed by atoms with van der Waals surface area (Å²) in [5.41, 5.74) is 12.2. The van der Waals surface area contributed by atoms with Gasteiger partial charge in [0.05, 0.1) is 24.6 Å². The second kappa shape index (κ2) is 6.33. The number of nitrogens with zero attached hydrogens (tertiary/aromatic N) is 3. The van der Waals surface area contributed by atoms with Crippen molar-refractivity contribution in [1.29, 1.82) is 0 Å². The van der Waals surface area contributed by atoms with E-state index in [1.54, 1.807) is 19.1 Å². The lowest BCUT2D eigenvalue weighted by Gasteiger charge is -2.29. The molecular formula is C13H18FN5O. The highest BCUT2D eigenvalue weighted by Gasteiger charge is 2.15. The van der Waals surface area contributed by atoms with Crippen LogP contribution in [-0.4, -0.2) is 38.0 Å². The third-order valence-corrected chi connectivity index (χ3v) is 3.03. The molecule has 0 aliphatic carbocycles. The summed E-state index contributed by atoms with van der Waals surface area (Å²) in [6.45, 7) is 4.34. The van der Waals surface area contributed by atoms with Gasteiger partial charge >= 0.3 is 0 Å². The van der Waals surface area contributed by atoms with Crippen LogP contribution in [0.3, 0.4) is 0 Å². The summed E-state index contributed by atoms with van der Waals surface area (Å²) in [5.74, 6) is -0.418. The van der Waals surface area contributed by atoms with Gasteiger partial charge in [0.1, 0.15) is 5.82 Å². The Labute approximate surface area is 116 Å². The molecule has 1 aromatic carbocycles. The number of halogens is 1. The summed E-state index contributed by atoms with van der Waals surface area (Å²) in [7, 11) is 0. The van der Waals surface area contributed by atoms with E-state index in [0.717, 1.165) is 0 Å². The molecule has 0 spiro atoms. The van der Waals surface area contributed by atoms with Gasteiger partial charge in [-0.2, -0.15) is 5.10 Å². The van der Waals surface area contributed by atoms with Crippen LogP contribution in [0.4, 0.5) is 10.1 Å². The average molecular weight is 279 g/mol. The lowest BCUT2D eigenvalue weighted by atomic mass is 10.1. The van der Waals surface area contributed by atoms with E-state index in [4.69, 9.17) is 16.2 Å². The first-order valence-electron chi connectivity index (χ1n) is 6.33. The monoisotopic (exact) mass is 279 g/mol. The summed E-state index contributed by atoms with van der Waals surface area (Å²) in [6, 6.07) is 4.98. The molecule has 7 heteroatoms. The Hall–Kier alpha value is -2.15. The Kier molecular flexibility index (Phi) is 4.52. The maximum absolute atomic E-state index is 14.2. The maximum atomic E-state index is 14.2. The number of ether oxygens (including phenoxy) is 1. The van der Waals surface area contributed by atoms with E-state index in [2.05, 4.69) is 10.2 Å². The van der Waals surface area contributed by atoms with E-state index in [1.165, 1.54) is 6.07 Å². The minimum Gasteiger partial charge on any atom is -0.378 e. The first-order valence-corrected chi connectivity index (χ1v) is 6.33. The molecular weight excluding hydrogens is 261 g/mol. The van der Waals surface area contributed by atoms with Crippen LogP contribution >= 0.6 is 0 Å². The van der Waals surface area contributed by atoms with Crippen LogP contribution in [0.5, 0.6) is 0 Å². The minimum absolute atomic E-state index is 0.130. The van der Waals surface area contributed by atoms with Gasteiger partial charge < -0.3 is 21.1 Å². The Morgan fingerprint density at radius 1 is 1.25 bits per heavy atom. The zero-order valence-corrected chi connectivity index (χ0v) is 11.3. The zero-order valence-electron chi connectivity index (χ0n) is 11.3. The molecule has 0 aromatic heterocycles. The maximum Gasteiger partial charge on any atom is 0.211 e. The van der Waals surface area contributed by atoms with Crippen LogP contribution in [0.2, 0.25) is 0 Å². The summed E-state index contributed by atoms with van der Waals surface area (Å²) in [4.78, 5) is 1.96. The number of anilines is 1. The van der Waals surface area contributed by atoms with Gasteiger partial charge in [-0.3, -0.25) is 0 Å². The Morgan fingerprint density at radius 2 is 1.95 bits per heavy atom. The van der Waals surface area contributed by atoms with Gasteiger partial charge in [-0.1, -0.05) is 6.07 Å². The summed E-state index contributed by atoms with van der Waals surface area (Å²) >= 11 is 0. The lowest BCUT2D eigenvalue weighted by molar-refractivity contribution is 0.122. The van der Waals surface area contributed by atoms with Gasteiger partial charge in [-0.25, -0.2) is 4.39 Å². The van der Waals surface area contributed by atoms with Crippen LogP contribution < -0.4 is 16.4 Å². The van der Waals surface area contributed by atoms with E-state index in [9.17, 15) is 4.39 Å². The number of guanidine groups is 1. The third kappa shape index (κ3) is 3.45. The minimum atomic E-state index is -0.288. The normalized spacial score (nSPS) is 16.1. The van der Waals surface area contributed by atoms with Gasteiger partial charge in [-0.15, -0.1) is 5.10 Å². The fourth-order valence-corrected chi connectivity index (χ4v) is 1.98. The van der Waals surface area contributed by atoms with Crippen molar-refractivity contribution in [3.8, 4) is 0 Å². The largest absolute Gasteiger partial charge is 0.378 e. The SMILES string of the molecule is C/C(=N/N=C(N)N)c1ccc(N2CCOCC2)c(F)c1. The van der Waals surface area contributed by atoms with Gasteiger partial charge in [0, 0.05) is 18.7 Å². The van der Waals surface area contributed by atoms with Crippen LogP contribution in [0, 0.1) is 5.82 Å². The highest BCUT2D eigenvalue weighted by atomic mass is 19.1. The van der Waals surface area contributed by atoms with E-state index in [-0.39, 0.29) is 11.8 Å². The molecule has 2 rings (SSSR count). The predicted molar refractivity (Wildman–Crippen MR) is 77.5 cm³/mol. The van der Waals surface area contributed by atoms with E-state index < -0.39 is 0 Å². The molecule has 1 aliphatic rings. The molecule has 4 N–H and O–H groups in total. The predicted octanol–water partition coefficient (Wildman–Crippen LogP) is 0.660. The number of hydrogen-bond donors (Lipinski definition) is 2. The van der Waals surface area contributed by atoms with Gasteiger partial charge in [-0.05, 0) is 19.1 Å². The Balaban J connectivity index is 2.21. The van der Waals surface area contributed by atoms with Crippen LogP contribution in [0.15, 0.2) is 28.4 Å². The molecule has 20 heavy (non-hydrogen) atoms. The molecule has 1 heterocycles. The van der Waals surface area contributed by atoms with Crippen molar-refractivity contribution in [3.63, 3.8) is 0 Å². The van der Waals surface area contributed by atoms with Crippen molar-refractivity contribution in [2.75, 3.05) is 31.2 Å². The fraction of sp³-hybridized carbons (Fsp3) is 0.385. The first kappa shape index (κ1) is 14.3. The van der Waals surface area contributed by atoms with E-state index >= 15 is 0 Å². The molecule has 0 atom stereocenters. The Morgan fingerprint density at radius 3 is 2.55 bits per heavy atom. The quantitative estimate of drug-likeness (QED) is 0.483. The molecule has 1 saturated heterocycles. The molecule has 0 unspecified atom stereocenters. The van der Waals surface area contributed by atoms with Crippen molar-refractivity contribution in [2.45, 2.75) is 6.92 Å². The number of nitrogens with two attached hydrogens (primary N) is 2. The van der Waals surface area contributed by atoms with E-state index in [0.29, 0.717) is 43.3 Å².